The van der Waals surface area contributed by atoms with Crippen molar-refractivity contribution in [3.8, 4) is 12.3 Å². The maximum atomic E-state index is 12.5. The minimum absolute atomic E-state index is 0.0972. The number of nitrogens with zero attached hydrogens (tertiary/aromatic N) is 1. The number of terminal acetylenes is 1. The highest BCUT2D eigenvalue weighted by molar-refractivity contribution is 7.90. The zero-order chi connectivity index (χ0) is 20.6. The molecule has 0 aromatic heterocycles. The summed E-state index contributed by atoms with van der Waals surface area (Å²) in [6.07, 6.45) is 7.26. The van der Waals surface area contributed by atoms with Crippen molar-refractivity contribution in [2.75, 3.05) is 13.1 Å². The summed E-state index contributed by atoms with van der Waals surface area (Å²) >= 11 is 0. The highest BCUT2D eigenvalue weighted by atomic mass is 32.2. The SMILES string of the molecule is C#CCNC(=O)CCNC(=O)C(CCCC)N=C1NS(=O)(=O)c2ccccc21. The molecule has 150 valence electrons. The van der Waals surface area contributed by atoms with E-state index in [1.165, 1.54) is 6.07 Å². The highest BCUT2D eigenvalue weighted by Gasteiger charge is 2.31. The number of carbonyl (C=O) groups is 2. The van der Waals surface area contributed by atoms with Crippen LogP contribution in [0.4, 0.5) is 0 Å². The maximum absolute atomic E-state index is 12.5. The van der Waals surface area contributed by atoms with Gasteiger partial charge in [-0.05, 0) is 18.6 Å². The number of nitrogens with one attached hydrogen (secondary N) is 3. The number of aliphatic imine (C=N–C) groups is 1. The second-order valence-electron chi connectivity index (χ2n) is 6.26. The van der Waals surface area contributed by atoms with Crippen LogP contribution in [-0.4, -0.2) is 45.2 Å². The zero-order valence-corrected chi connectivity index (χ0v) is 16.5. The van der Waals surface area contributed by atoms with Gasteiger partial charge in [-0.15, -0.1) is 6.42 Å². The van der Waals surface area contributed by atoms with Gasteiger partial charge in [-0.1, -0.05) is 37.8 Å². The van der Waals surface area contributed by atoms with E-state index in [0.717, 1.165) is 12.8 Å². The first-order valence-electron chi connectivity index (χ1n) is 9.07. The van der Waals surface area contributed by atoms with Crippen LogP contribution >= 0.6 is 0 Å². The number of sulfonamides is 1. The Labute approximate surface area is 165 Å². The van der Waals surface area contributed by atoms with Crippen molar-refractivity contribution in [1.82, 2.24) is 15.4 Å². The molecule has 0 aliphatic carbocycles. The van der Waals surface area contributed by atoms with E-state index in [4.69, 9.17) is 6.42 Å². The average molecular weight is 404 g/mol. The quantitative estimate of drug-likeness (QED) is 0.521. The van der Waals surface area contributed by atoms with E-state index >= 15 is 0 Å². The summed E-state index contributed by atoms with van der Waals surface area (Å²) in [6, 6.07) is 5.74. The Morgan fingerprint density at radius 3 is 2.75 bits per heavy atom. The summed E-state index contributed by atoms with van der Waals surface area (Å²) in [6.45, 7) is 2.27. The Balaban J connectivity index is 2.10. The molecule has 1 aliphatic rings. The predicted octanol–water partition coefficient (Wildman–Crippen LogP) is 0.540. The number of rotatable bonds is 9. The summed E-state index contributed by atoms with van der Waals surface area (Å²) < 4.78 is 26.8. The fourth-order valence-corrected chi connectivity index (χ4v) is 3.93. The molecule has 0 radical (unpaired) electrons. The van der Waals surface area contributed by atoms with Crippen LogP contribution < -0.4 is 15.4 Å². The third kappa shape index (κ3) is 5.57. The van der Waals surface area contributed by atoms with Crippen molar-refractivity contribution < 1.29 is 18.0 Å². The molecule has 1 heterocycles. The monoisotopic (exact) mass is 404 g/mol. The van der Waals surface area contributed by atoms with Gasteiger partial charge >= 0.3 is 0 Å². The summed E-state index contributed by atoms with van der Waals surface area (Å²) in [5, 5.41) is 5.20. The molecular weight excluding hydrogens is 380 g/mol. The van der Waals surface area contributed by atoms with E-state index in [1.54, 1.807) is 18.2 Å². The summed E-state index contributed by atoms with van der Waals surface area (Å²) in [4.78, 5) is 28.6. The first kappa shape index (κ1) is 21.4. The Bertz CT molecular complexity index is 903. The molecule has 3 N–H and O–H groups in total. The smallest absolute Gasteiger partial charge is 0.263 e. The third-order valence-corrected chi connectivity index (χ3v) is 5.52. The number of amidine groups is 1. The lowest BCUT2D eigenvalue weighted by molar-refractivity contribution is -0.123. The molecule has 0 spiro atoms. The Hall–Kier alpha value is -2.86. The lowest BCUT2D eigenvalue weighted by Crippen LogP contribution is -2.37. The van der Waals surface area contributed by atoms with Gasteiger partial charge in [0.15, 0.2) is 0 Å². The van der Waals surface area contributed by atoms with Crippen LogP contribution in [0.1, 0.15) is 38.2 Å². The van der Waals surface area contributed by atoms with Crippen molar-refractivity contribution >= 4 is 27.7 Å². The second-order valence-corrected chi connectivity index (χ2v) is 7.91. The molecular formula is C19H24N4O4S. The summed E-state index contributed by atoms with van der Waals surface area (Å²) in [5.41, 5.74) is 0.450. The van der Waals surface area contributed by atoms with Gasteiger partial charge in [-0.3, -0.25) is 19.3 Å². The molecule has 8 nitrogen and oxygen atoms in total. The van der Waals surface area contributed by atoms with Gasteiger partial charge in [-0.25, -0.2) is 8.42 Å². The normalized spacial score (nSPS) is 16.5. The molecule has 0 saturated heterocycles. The molecule has 1 aromatic rings. The van der Waals surface area contributed by atoms with Gasteiger partial charge in [0.25, 0.3) is 10.0 Å². The van der Waals surface area contributed by atoms with E-state index in [2.05, 4.69) is 26.3 Å². The van der Waals surface area contributed by atoms with Crippen LogP contribution in [0.2, 0.25) is 0 Å². The van der Waals surface area contributed by atoms with Crippen molar-refractivity contribution in [3.05, 3.63) is 29.8 Å². The van der Waals surface area contributed by atoms with Gasteiger partial charge in [-0.2, -0.15) is 0 Å². The van der Waals surface area contributed by atoms with Gasteiger partial charge in [0, 0.05) is 18.5 Å². The van der Waals surface area contributed by atoms with E-state index in [9.17, 15) is 18.0 Å². The zero-order valence-electron chi connectivity index (χ0n) is 15.7. The molecule has 9 heteroatoms. The first-order valence-corrected chi connectivity index (χ1v) is 10.5. The molecule has 2 rings (SSSR count). The molecule has 1 aliphatic heterocycles. The summed E-state index contributed by atoms with van der Waals surface area (Å²) in [7, 11) is -3.67. The average Bonchev–Trinajstić information content (AvgIpc) is 2.93. The van der Waals surface area contributed by atoms with Crippen LogP contribution in [0.25, 0.3) is 0 Å². The fraction of sp³-hybridized carbons (Fsp3) is 0.421. The van der Waals surface area contributed by atoms with Crippen molar-refractivity contribution in [3.63, 3.8) is 0 Å². The Morgan fingerprint density at radius 2 is 2.04 bits per heavy atom. The minimum atomic E-state index is -3.67. The number of unbranched alkanes of at least 4 members (excludes halogenated alkanes) is 1. The van der Waals surface area contributed by atoms with Crippen LogP contribution in [0.15, 0.2) is 34.2 Å². The van der Waals surface area contributed by atoms with Crippen LogP contribution in [0.5, 0.6) is 0 Å². The molecule has 0 saturated carbocycles. The number of benzene rings is 1. The molecule has 28 heavy (non-hydrogen) atoms. The van der Waals surface area contributed by atoms with Crippen molar-refractivity contribution in [2.45, 2.75) is 43.5 Å². The number of hydrogen-bond acceptors (Lipinski definition) is 5. The van der Waals surface area contributed by atoms with Gasteiger partial charge in [0.1, 0.15) is 11.9 Å². The van der Waals surface area contributed by atoms with E-state index in [0.29, 0.717) is 12.0 Å². The third-order valence-electron chi connectivity index (χ3n) is 4.12. The predicted molar refractivity (Wildman–Crippen MR) is 106 cm³/mol. The largest absolute Gasteiger partial charge is 0.354 e. The van der Waals surface area contributed by atoms with Gasteiger partial charge < -0.3 is 10.6 Å². The lowest BCUT2D eigenvalue weighted by atomic mass is 10.1. The standard InChI is InChI=1S/C19H24N4O4S/c1-3-5-9-15(19(25)21-13-11-17(24)20-12-4-2)22-18-14-8-6-7-10-16(14)28(26,27)23-18/h2,6-8,10,15H,3,5,9,11-13H2,1H3,(H,20,24)(H,21,25)(H,22,23). The fourth-order valence-electron chi connectivity index (χ4n) is 2.69. The molecule has 1 atom stereocenters. The van der Waals surface area contributed by atoms with Crippen molar-refractivity contribution in [1.29, 1.82) is 0 Å². The highest BCUT2D eigenvalue weighted by Crippen LogP contribution is 2.23. The van der Waals surface area contributed by atoms with Crippen LogP contribution in [-0.2, 0) is 19.6 Å². The maximum Gasteiger partial charge on any atom is 0.263 e. The topological polar surface area (TPSA) is 117 Å². The van der Waals surface area contributed by atoms with Gasteiger partial charge in [0.2, 0.25) is 11.8 Å². The Morgan fingerprint density at radius 1 is 1.29 bits per heavy atom. The second kappa shape index (κ2) is 9.90. The van der Waals surface area contributed by atoms with Crippen molar-refractivity contribution in [2.24, 2.45) is 4.99 Å². The lowest BCUT2D eigenvalue weighted by Gasteiger charge is -2.14. The number of carbonyl (C=O) groups excluding carboxylic acids is 2. The molecule has 0 bridgehead atoms. The molecule has 0 fully saturated rings. The van der Waals surface area contributed by atoms with Crippen LogP contribution in [0.3, 0.4) is 0 Å². The van der Waals surface area contributed by atoms with E-state index in [-0.39, 0.29) is 42.1 Å². The van der Waals surface area contributed by atoms with Gasteiger partial charge in [0.05, 0.1) is 11.4 Å². The molecule has 1 unspecified atom stereocenters. The summed E-state index contributed by atoms with van der Waals surface area (Å²) in [5.74, 6) is 1.86. The number of amides is 2. The minimum Gasteiger partial charge on any atom is -0.354 e. The molecule has 2 amide bonds. The van der Waals surface area contributed by atoms with E-state index in [1.807, 2.05) is 6.92 Å². The molecule has 1 aromatic carbocycles. The van der Waals surface area contributed by atoms with E-state index < -0.39 is 16.1 Å². The first-order chi connectivity index (χ1) is 13.4. The Kier molecular flexibility index (Phi) is 7.58. The number of fused-ring (bicyclic) bond motifs is 1. The number of hydrogen-bond donors (Lipinski definition) is 3. The van der Waals surface area contributed by atoms with Crippen LogP contribution in [0, 0.1) is 12.3 Å².